The van der Waals surface area contributed by atoms with E-state index in [1.807, 2.05) is 0 Å². The molecule has 0 saturated carbocycles. The number of benzene rings is 2. The van der Waals surface area contributed by atoms with Gasteiger partial charge < -0.3 is 21.1 Å². The van der Waals surface area contributed by atoms with E-state index in [1.54, 1.807) is 12.1 Å². The minimum absolute atomic E-state index is 0.0335. The third-order valence-electron chi connectivity index (χ3n) is 6.00. The molecule has 2 aromatic rings. The average Bonchev–Trinajstić information content (AvgIpc) is 2.79. The predicted octanol–water partition coefficient (Wildman–Crippen LogP) is 2.01. The first-order valence-electron chi connectivity index (χ1n) is 11.5. The number of amides is 1. The first-order chi connectivity index (χ1) is 16.5. The van der Waals surface area contributed by atoms with Crippen LogP contribution in [-0.4, -0.2) is 64.0 Å². The maximum absolute atomic E-state index is 13.6. The Labute approximate surface area is 204 Å². The van der Waals surface area contributed by atoms with Crippen LogP contribution in [0.5, 0.6) is 0 Å². The van der Waals surface area contributed by atoms with E-state index in [0.717, 1.165) is 37.3 Å². The molecule has 1 amide bonds. The van der Waals surface area contributed by atoms with Crippen LogP contribution in [0.15, 0.2) is 36.4 Å². The molecule has 0 saturated heterocycles. The van der Waals surface area contributed by atoms with Gasteiger partial charge in [-0.2, -0.15) is 0 Å². The highest BCUT2D eigenvalue weighted by molar-refractivity contribution is 7.92. The fourth-order valence-electron chi connectivity index (χ4n) is 4.19. The summed E-state index contributed by atoms with van der Waals surface area (Å²) in [7, 11) is -3.49. The average molecular weight is 511 g/mol. The molecule has 0 bridgehead atoms. The quantitative estimate of drug-likeness (QED) is 0.450. The fraction of sp³-hybridized carbons (Fsp3) is 0.458. The Kier molecular flexibility index (Phi) is 8.68. The lowest BCUT2D eigenvalue weighted by atomic mass is 10.00. The Hall–Kier alpha value is -2.76. The van der Waals surface area contributed by atoms with Gasteiger partial charge in [0, 0.05) is 31.3 Å². The van der Waals surface area contributed by atoms with Crippen LogP contribution in [0.2, 0.25) is 0 Å². The number of aliphatic hydroxyl groups is 1. The van der Waals surface area contributed by atoms with Gasteiger partial charge in [-0.1, -0.05) is 13.3 Å². The number of nitrogens with one attached hydrogen (secondary N) is 1. The highest BCUT2D eigenvalue weighted by Crippen LogP contribution is 2.35. The van der Waals surface area contributed by atoms with Crippen molar-refractivity contribution in [2.75, 3.05) is 41.6 Å². The molecule has 8 nitrogen and oxygen atoms in total. The van der Waals surface area contributed by atoms with E-state index < -0.39 is 39.7 Å². The summed E-state index contributed by atoms with van der Waals surface area (Å²) < 4.78 is 53.2. The largest absolute Gasteiger partial charge is 0.390 e. The third kappa shape index (κ3) is 6.68. The van der Waals surface area contributed by atoms with Crippen LogP contribution in [0.4, 0.5) is 20.2 Å². The second kappa shape index (κ2) is 11.3. The lowest BCUT2D eigenvalue weighted by Crippen LogP contribution is -2.48. The van der Waals surface area contributed by atoms with Crippen molar-refractivity contribution in [2.45, 2.75) is 38.3 Å². The molecule has 2 aromatic carbocycles. The number of nitrogens with zero attached hydrogens (tertiary/aromatic N) is 2. The number of fused-ring (bicyclic) bond motifs is 1. The van der Waals surface area contributed by atoms with Crippen molar-refractivity contribution in [1.29, 1.82) is 0 Å². The van der Waals surface area contributed by atoms with E-state index in [0.29, 0.717) is 31.0 Å². The van der Waals surface area contributed by atoms with Gasteiger partial charge in [-0.25, -0.2) is 17.2 Å². The number of anilines is 2. The summed E-state index contributed by atoms with van der Waals surface area (Å²) in [5.41, 5.74) is 7.25. The Morgan fingerprint density at radius 1 is 1.14 bits per heavy atom. The van der Waals surface area contributed by atoms with E-state index in [-0.39, 0.29) is 24.1 Å². The van der Waals surface area contributed by atoms with E-state index in [2.05, 4.69) is 17.1 Å². The Morgan fingerprint density at radius 2 is 1.83 bits per heavy atom. The summed E-state index contributed by atoms with van der Waals surface area (Å²) in [5, 5.41) is 13.1. The van der Waals surface area contributed by atoms with Crippen LogP contribution >= 0.6 is 0 Å². The topological polar surface area (TPSA) is 116 Å². The molecule has 35 heavy (non-hydrogen) atoms. The molecule has 0 unspecified atom stereocenters. The number of aliphatic hydroxyl groups excluding tert-OH is 1. The van der Waals surface area contributed by atoms with Crippen LogP contribution in [0.3, 0.4) is 0 Å². The zero-order valence-electron chi connectivity index (χ0n) is 19.9. The Balaban J connectivity index is 1.89. The lowest BCUT2D eigenvalue weighted by molar-refractivity contribution is 0.0845. The van der Waals surface area contributed by atoms with Crippen LogP contribution in [-0.2, 0) is 16.4 Å². The molecule has 0 spiro atoms. The molecule has 1 heterocycles. The van der Waals surface area contributed by atoms with Gasteiger partial charge in [0.25, 0.3) is 5.91 Å². The fourth-order valence-corrected chi connectivity index (χ4v) is 5.11. The summed E-state index contributed by atoms with van der Waals surface area (Å²) in [5.74, 6) is -2.04. The van der Waals surface area contributed by atoms with Gasteiger partial charge in [0.05, 0.1) is 36.3 Å². The molecule has 1 aliphatic heterocycles. The minimum Gasteiger partial charge on any atom is -0.390 e. The number of carbonyl (C=O) groups excluding carboxylic acids is 1. The van der Waals surface area contributed by atoms with Gasteiger partial charge in [0.2, 0.25) is 10.0 Å². The normalized spacial score (nSPS) is 15.5. The number of nitrogens with two attached hydrogens (primary N) is 1. The van der Waals surface area contributed by atoms with E-state index >= 15 is 0 Å². The van der Waals surface area contributed by atoms with Crippen LogP contribution in [0.25, 0.3) is 0 Å². The zero-order chi connectivity index (χ0) is 25.8. The molecule has 2 atom stereocenters. The van der Waals surface area contributed by atoms with Crippen molar-refractivity contribution in [3.05, 3.63) is 59.2 Å². The molecule has 3 rings (SSSR count). The molecule has 1 aliphatic rings. The molecule has 192 valence electrons. The summed E-state index contributed by atoms with van der Waals surface area (Å²) in [4.78, 5) is 15.2. The van der Waals surface area contributed by atoms with Crippen molar-refractivity contribution in [3.63, 3.8) is 0 Å². The van der Waals surface area contributed by atoms with Gasteiger partial charge in [0.15, 0.2) is 0 Å². The van der Waals surface area contributed by atoms with Gasteiger partial charge in [-0.05, 0) is 48.7 Å². The Morgan fingerprint density at radius 3 is 2.43 bits per heavy atom. The van der Waals surface area contributed by atoms with Crippen LogP contribution < -0.4 is 20.3 Å². The number of halogens is 2. The SMILES string of the molecule is CCCCN1CCN(S(C)(=O)=O)c2ccc(C(=O)N[C@@H](Cc3cc(F)cc(F)c3)[C@H](O)CN)cc21. The van der Waals surface area contributed by atoms with Crippen molar-refractivity contribution in [1.82, 2.24) is 5.32 Å². The summed E-state index contributed by atoms with van der Waals surface area (Å²) in [6.07, 6.45) is 1.83. The number of carbonyl (C=O) groups is 1. The minimum atomic E-state index is -3.49. The highest BCUT2D eigenvalue weighted by Gasteiger charge is 2.29. The molecule has 11 heteroatoms. The molecule has 0 radical (unpaired) electrons. The van der Waals surface area contributed by atoms with E-state index in [4.69, 9.17) is 5.73 Å². The van der Waals surface area contributed by atoms with Gasteiger partial charge in [0.1, 0.15) is 11.6 Å². The van der Waals surface area contributed by atoms with E-state index in [9.17, 15) is 27.1 Å². The Bertz CT molecular complexity index is 1140. The second-order valence-corrected chi connectivity index (χ2v) is 10.7. The van der Waals surface area contributed by atoms with Gasteiger partial charge in [-0.15, -0.1) is 0 Å². The zero-order valence-corrected chi connectivity index (χ0v) is 20.7. The van der Waals surface area contributed by atoms with Crippen LogP contribution in [0.1, 0.15) is 35.7 Å². The maximum Gasteiger partial charge on any atom is 0.251 e. The second-order valence-electron chi connectivity index (χ2n) is 8.74. The smallest absolute Gasteiger partial charge is 0.251 e. The predicted molar refractivity (Wildman–Crippen MR) is 132 cm³/mol. The number of hydrogen-bond acceptors (Lipinski definition) is 6. The standard InChI is InChI=1S/C24H32F2N4O4S/c1-3-4-7-29-8-9-30(35(2,33)34)21-6-5-17(13-22(21)29)24(32)28-20(23(31)15-27)12-16-10-18(25)14-19(26)11-16/h5-6,10-11,13-14,20,23,31H,3-4,7-9,12,15,27H2,1-2H3,(H,28,32)/t20-,23+/m0/s1. The third-order valence-corrected chi connectivity index (χ3v) is 7.18. The van der Waals surface area contributed by atoms with Gasteiger partial charge in [-0.3, -0.25) is 9.10 Å². The number of rotatable bonds is 10. The van der Waals surface area contributed by atoms with Crippen LogP contribution in [0, 0.1) is 11.6 Å². The van der Waals surface area contributed by atoms with Crippen molar-refractivity contribution >= 4 is 27.3 Å². The van der Waals surface area contributed by atoms with Crippen molar-refractivity contribution < 1.29 is 27.1 Å². The summed E-state index contributed by atoms with van der Waals surface area (Å²) in [6, 6.07) is 6.86. The lowest BCUT2D eigenvalue weighted by Gasteiger charge is -2.38. The first kappa shape index (κ1) is 26.8. The number of sulfonamides is 1. The number of hydrogen-bond donors (Lipinski definition) is 3. The molecular weight excluding hydrogens is 478 g/mol. The monoisotopic (exact) mass is 510 g/mol. The summed E-state index contributed by atoms with van der Waals surface area (Å²) >= 11 is 0. The molecule has 0 aliphatic carbocycles. The molecule has 4 N–H and O–H groups in total. The molecular formula is C24H32F2N4O4S. The molecule has 0 fully saturated rings. The molecule has 0 aromatic heterocycles. The van der Waals surface area contributed by atoms with Gasteiger partial charge >= 0.3 is 0 Å². The maximum atomic E-state index is 13.6. The summed E-state index contributed by atoms with van der Waals surface area (Å²) in [6.45, 7) is 3.42. The van der Waals surface area contributed by atoms with Crippen molar-refractivity contribution in [3.8, 4) is 0 Å². The van der Waals surface area contributed by atoms with Crippen molar-refractivity contribution in [2.24, 2.45) is 5.73 Å². The first-order valence-corrected chi connectivity index (χ1v) is 13.4. The number of unbranched alkanes of at least 4 members (excludes halogenated alkanes) is 1. The highest BCUT2D eigenvalue weighted by atomic mass is 32.2. The van der Waals surface area contributed by atoms with E-state index in [1.165, 1.54) is 10.4 Å².